The molecule has 1 aromatic heterocycles. The molecule has 1 aliphatic carbocycles. The first kappa shape index (κ1) is 28.8. The van der Waals surface area contributed by atoms with Gasteiger partial charge in [0.25, 0.3) is 5.56 Å². The number of fused-ring (bicyclic) bond motifs is 3. The number of hydrogen-bond donors (Lipinski definition) is 2. The highest BCUT2D eigenvalue weighted by Crippen LogP contribution is 2.50. The first-order chi connectivity index (χ1) is 20.2. The van der Waals surface area contributed by atoms with Crippen LogP contribution in [0.5, 0.6) is 0 Å². The van der Waals surface area contributed by atoms with Crippen molar-refractivity contribution in [1.82, 2.24) is 19.8 Å². The summed E-state index contributed by atoms with van der Waals surface area (Å²) in [6.45, 7) is 4.96. The minimum absolute atomic E-state index is 0.160. The molecule has 0 radical (unpaired) electrons. The van der Waals surface area contributed by atoms with Crippen molar-refractivity contribution in [3.63, 3.8) is 0 Å². The van der Waals surface area contributed by atoms with Crippen LogP contribution in [0.4, 0.5) is 0 Å². The molecule has 0 fully saturated rings. The van der Waals surface area contributed by atoms with Gasteiger partial charge in [-0.2, -0.15) is 0 Å². The number of ether oxygens (including phenoxy) is 1. The van der Waals surface area contributed by atoms with Gasteiger partial charge in [0, 0.05) is 24.3 Å². The predicted octanol–water partition coefficient (Wildman–Crippen LogP) is 3.19. The molecule has 5 rings (SSSR count). The van der Waals surface area contributed by atoms with Gasteiger partial charge >= 0.3 is 11.7 Å². The Morgan fingerprint density at radius 1 is 0.952 bits per heavy atom. The molecule has 42 heavy (non-hydrogen) atoms. The van der Waals surface area contributed by atoms with Crippen LogP contribution in [-0.4, -0.2) is 52.1 Å². The van der Waals surface area contributed by atoms with E-state index in [1.807, 2.05) is 49.4 Å². The molecule has 0 unspecified atom stereocenters. The van der Waals surface area contributed by atoms with Crippen molar-refractivity contribution in [1.29, 1.82) is 0 Å². The molecule has 9 heteroatoms. The van der Waals surface area contributed by atoms with Crippen molar-refractivity contribution < 1.29 is 14.3 Å². The van der Waals surface area contributed by atoms with Crippen LogP contribution in [0.1, 0.15) is 36.1 Å². The summed E-state index contributed by atoms with van der Waals surface area (Å²) in [5.41, 5.74) is 3.90. The van der Waals surface area contributed by atoms with E-state index in [1.54, 1.807) is 13.8 Å². The van der Waals surface area contributed by atoms with Gasteiger partial charge in [-0.3, -0.25) is 29.3 Å². The first-order valence-corrected chi connectivity index (χ1v) is 14.0. The van der Waals surface area contributed by atoms with Crippen LogP contribution in [0.25, 0.3) is 11.1 Å². The molecule has 9 nitrogen and oxygen atoms in total. The zero-order chi connectivity index (χ0) is 29.9. The Hall–Kier alpha value is -4.76. The van der Waals surface area contributed by atoms with E-state index >= 15 is 0 Å². The fraction of sp³-hybridized carbons (Fsp3) is 0.273. The number of aromatic nitrogens is 2. The van der Waals surface area contributed by atoms with Gasteiger partial charge in [-0.1, -0.05) is 78.9 Å². The molecule has 1 amide bonds. The van der Waals surface area contributed by atoms with Crippen LogP contribution < -0.4 is 16.6 Å². The summed E-state index contributed by atoms with van der Waals surface area (Å²) in [5, 5.41) is 3.84. The van der Waals surface area contributed by atoms with E-state index in [2.05, 4.69) is 46.7 Å². The molecule has 2 N–H and O–H groups in total. The lowest BCUT2D eigenvalue weighted by Crippen LogP contribution is -2.53. The number of H-pyrrole nitrogens is 1. The minimum Gasteiger partial charge on any atom is -0.465 e. The van der Waals surface area contributed by atoms with E-state index in [0.29, 0.717) is 5.56 Å². The van der Waals surface area contributed by atoms with Crippen LogP contribution >= 0.6 is 0 Å². The Labute approximate surface area is 243 Å². The Morgan fingerprint density at radius 2 is 1.55 bits per heavy atom. The standard InChI is InChI=1S/C33H34N4O5/c1-4-42-30(39)21-36(29(38)20-37-18-22(2)31(40)34-32(37)41)19-23(3)35-33(24-12-6-5-7-13-24)27-16-10-8-14-25(27)26-15-9-11-17-28(26)33/h5-18,23,35H,4,19-21H2,1-3H3,(H,34,40,41)/t23-/m0/s1. The van der Waals surface area contributed by atoms with Crippen LogP contribution in [0.3, 0.4) is 0 Å². The van der Waals surface area contributed by atoms with Gasteiger partial charge in [0.05, 0.1) is 12.1 Å². The lowest BCUT2D eigenvalue weighted by molar-refractivity contribution is -0.149. The summed E-state index contributed by atoms with van der Waals surface area (Å²) in [6, 6.07) is 26.4. The average Bonchev–Trinajstić information content (AvgIpc) is 3.26. The zero-order valence-corrected chi connectivity index (χ0v) is 23.9. The Balaban J connectivity index is 1.50. The van der Waals surface area contributed by atoms with Crippen molar-refractivity contribution in [3.05, 3.63) is 128 Å². The molecular weight excluding hydrogens is 532 g/mol. The van der Waals surface area contributed by atoms with E-state index in [9.17, 15) is 19.2 Å². The van der Waals surface area contributed by atoms with E-state index in [0.717, 1.165) is 32.4 Å². The molecule has 0 saturated heterocycles. The normalized spacial score (nSPS) is 13.6. The molecular formula is C33H34N4O5. The average molecular weight is 567 g/mol. The topological polar surface area (TPSA) is 114 Å². The van der Waals surface area contributed by atoms with Crippen LogP contribution in [0.2, 0.25) is 0 Å². The van der Waals surface area contributed by atoms with Gasteiger partial charge < -0.3 is 9.64 Å². The molecule has 0 spiro atoms. The highest BCUT2D eigenvalue weighted by Gasteiger charge is 2.45. The second-order valence-corrected chi connectivity index (χ2v) is 10.5. The number of aromatic amines is 1. The van der Waals surface area contributed by atoms with Crippen molar-refractivity contribution in [2.75, 3.05) is 19.7 Å². The molecule has 1 heterocycles. The van der Waals surface area contributed by atoms with Crippen LogP contribution in [0, 0.1) is 6.92 Å². The van der Waals surface area contributed by atoms with Gasteiger partial charge in [-0.05, 0) is 48.6 Å². The molecule has 1 atom stereocenters. The predicted molar refractivity (Wildman–Crippen MR) is 160 cm³/mol. The number of amides is 1. The Kier molecular flexibility index (Phi) is 8.22. The Bertz CT molecular complexity index is 1680. The number of benzene rings is 3. The summed E-state index contributed by atoms with van der Waals surface area (Å²) in [5.74, 6) is -0.997. The maximum absolute atomic E-state index is 13.6. The van der Waals surface area contributed by atoms with Crippen LogP contribution in [-0.2, 0) is 26.4 Å². The number of carbonyl (C=O) groups is 2. The molecule has 1 aliphatic rings. The minimum atomic E-state index is -0.709. The highest BCUT2D eigenvalue weighted by atomic mass is 16.5. The number of carbonyl (C=O) groups excluding carboxylic acids is 2. The van der Waals surface area contributed by atoms with Gasteiger partial charge in [-0.25, -0.2) is 4.79 Å². The van der Waals surface area contributed by atoms with E-state index < -0.39 is 28.7 Å². The molecule has 4 aromatic rings. The number of hydrogen-bond acceptors (Lipinski definition) is 6. The van der Waals surface area contributed by atoms with Gasteiger partial charge in [0.15, 0.2) is 0 Å². The molecule has 216 valence electrons. The lowest BCUT2D eigenvalue weighted by atomic mass is 9.80. The largest absolute Gasteiger partial charge is 0.465 e. The fourth-order valence-corrected chi connectivity index (χ4v) is 5.82. The third kappa shape index (κ3) is 5.43. The second kappa shape index (κ2) is 12.0. The first-order valence-electron chi connectivity index (χ1n) is 14.0. The summed E-state index contributed by atoms with van der Waals surface area (Å²) in [6.07, 6.45) is 1.35. The summed E-state index contributed by atoms with van der Waals surface area (Å²) in [4.78, 5) is 54.0. The number of aryl methyl sites for hydroxylation is 1. The van der Waals surface area contributed by atoms with E-state index in [4.69, 9.17) is 4.74 Å². The van der Waals surface area contributed by atoms with Gasteiger partial charge in [0.2, 0.25) is 5.91 Å². The number of rotatable bonds is 10. The summed E-state index contributed by atoms with van der Waals surface area (Å²) < 4.78 is 6.30. The summed E-state index contributed by atoms with van der Waals surface area (Å²) >= 11 is 0. The monoisotopic (exact) mass is 566 g/mol. The molecule has 0 bridgehead atoms. The van der Waals surface area contributed by atoms with E-state index in [-0.39, 0.29) is 32.3 Å². The quantitative estimate of drug-likeness (QED) is 0.285. The SMILES string of the molecule is CCOC(=O)CN(C[C@H](C)NC1(c2ccccc2)c2ccccc2-c2ccccc21)C(=O)Cn1cc(C)c(=O)[nH]c1=O. The molecule has 0 saturated carbocycles. The summed E-state index contributed by atoms with van der Waals surface area (Å²) in [7, 11) is 0. The lowest BCUT2D eigenvalue weighted by Gasteiger charge is -2.38. The van der Waals surface area contributed by atoms with Crippen LogP contribution in [0.15, 0.2) is 94.6 Å². The highest BCUT2D eigenvalue weighted by molar-refractivity contribution is 5.83. The van der Waals surface area contributed by atoms with Gasteiger partial charge in [-0.15, -0.1) is 0 Å². The maximum Gasteiger partial charge on any atom is 0.328 e. The van der Waals surface area contributed by atoms with E-state index in [1.165, 1.54) is 11.1 Å². The van der Waals surface area contributed by atoms with Crippen molar-refractivity contribution in [2.45, 2.75) is 38.9 Å². The Morgan fingerprint density at radius 3 is 2.17 bits per heavy atom. The van der Waals surface area contributed by atoms with Crippen molar-refractivity contribution in [3.8, 4) is 11.1 Å². The smallest absolute Gasteiger partial charge is 0.328 e. The molecule has 3 aromatic carbocycles. The maximum atomic E-state index is 13.6. The third-order valence-corrected chi connectivity index (χ3v) is 7.59. The number of esters is 1. The van der Waals surface area contributed by atoms with Gasteiger partial charge in [0.1, 0.15) is 13.1 Å². The van der Waals surface area contributed by atoms with Crippen molar-refractivity contribution >= 4 is 11.9 Å². The third-order valence-electron chi connectivity index (χ3n) is 7.59. The fourth-order valence-electron chi connectivity index (χ4n) is 5.82. The molecule has 0 aliphatic heterocycles. The van der Waals surface area contributed by atoms with Crippen molar-refractivity contribution in [2.24, 2.45) is 0 Å². The number of nitrogens with zero attached hydrogens (tertiary/aromatic N) is 2. The second-order valence-electron chi connectivity index (χ2n) is 10.5. The number of nitrogens with one attached hydrogen (secondary N) is 2. The zero-order valence-electron chi connectivity index (χ0n) is 23.9.